The highest BCUT2D eigenvalue weighted by atomic mass is 32.1. The molecule has 1 fully saturated rings. The fraction of sp³-hybridized carbons (Fsp3) is 0.450. The highest BCUT2D eigenvalue weighted by Gasteiger charge is 2.45. The third kappa shape index (κ3) is 3.20. The Labute approximate surface area is 177 Å². The summed E-state index contributed by atoms with van der Waals surface area (Å²) in [5.41, 5.74) is 0.786. The molecule has 0 aliphatic carbocycles. The lowest BCUT2D eigenvalue weighted by atomic mass is 9.78. The number of nitrogens with zero attached hydrogens (tertiary/aromatic N) is 6. The molecule has 1 saturated heterocycles. The predicted octanol–water partition coefficient (Wildman–Crippen LogP) is 1.82. The molecule has 2 bridgehead atoms. The minimum absolute atomic E-state index is 0.0159. The molecule has 2 aliphatic heterocycles. The van der Waals surface area contributed by atoms with Crippen molar-refractivity contribution in [2.24, 2.45) is 5.92 Å². The fourth-order valence-corrected chi connectivity index (χ4v) is 5.36. The monoisotopic (exact) mass is 426 g/mol. The van der Waals surface area contributed by atoms with E-state index < -0.39 is 6.04 Å². The van der Waals surface area contributed by atoms with E-state index in [4.69, 9.17) is 4.52 Å². The van der Waals surface area contributed by atoms with Gasteiger partial charge in [-0.2, -0.15) is 4.98 Å². The van der Waals surface area contributed by atoms with Gasteiger partial charge < -0.3 is 14.3 Å². The zero-order chi connectivity index (χ0) is 20.8. The number of carbonyl (C=O) groups is 1. The van der Waals surface area contributed by atoms with E-state index in [0.717, 1.165) is 23.8 Å². The average Bonchev–Trinajstić information content (AvgIpc) is 3.40. The Morgan fingerprint density at radius 2 is 2.23 bits per heavy atom. The van der Waals surface area contributed by atoms with Gasteiger partial charge in [0, 0.05) is 62.2 Å². The first-order chi connectivity index (χ1) is 14.5. The number of anilines is 1. The lowest BCUT2D eigenvalue weighted by Gasteiger charge is -2.46. The van der Waals surface area contributed by atoms with E-state index in [-0.39, 0.29) is 29.8 Å². The number of thiazole rings is 1. The molecule has 3 aromatic heterocycles. The number of likely N-dealkylation sites (N-methyl/N-ethyl adjacent to an activating group) is 1. The Morgan fingerprint density at radius 1 is 1.37 bits per heavy atom. The SMILES string of the molecule is Cc1nc(CN(C)C(=O)[C@H]2[C@@H]3C[C@@H](CN(c4nccs4)C3)c3cccc(=O)n32)no1. The van der Waals surface area contributed by atoms with Gasteiger partial charge >= 0.3 is 0 Å². The van der Waals surface area contributed by atoms with E-state index in [0.29, 0.717) is 18.3 Å². The summed E-state index contributed by atoms with van der Waals surface area (Å²) < 4.78 is 6.73. The summed E-state index contributed by atoms with van der Waals surface area (Å²) in [7, 11) is 1.72. The van der Waals surface area contributed by atoms with Crippen molar-refractivity contribution >= 4 is 22.4 Å². The van der Waals surface area contributed by atoms with Gasteiger partial charge in [0.25, 0.3) is 5.56 Å². The van der Waals surface area contributed by atoms with Crippen molar-refractivity contribution in [3.63, 3.8) is 0 Å². The van der Waals surface area contributed by atoms with Crippen molar-refractivity contribution in [1.29, 1.82) is 0 Å². The highest BCUT2D eigenvalue weighted by Crippen LogP contribution is 2.43. The Kier molecular flexibility index (Phi) is 4.65. The van der Waals surface area contributed by atoms with Crippen LogP contribution < -0.4 is 10.5 Å². The molecule has 10 heteroatoms. The largest absolute Gasteiger partial charge is 0.347 e. The fourth-order valence-electron chi connectivity index (χ4n) is 4.70. The molecule has 156 valence electrons. The zero-order valence-electron chi connectivity index (χ0n) is 16.8. The van der Waals surface area contributed by atoms with Crippen LogP contribution in [0.15, 0.2) is 39.1 Å². The van der Waals surface area contributed by atoms with Crippen molar-refractivity contribution in [2.45, 2.75) is 31.8 Å². The Bertz CT molecular complexity index is 1120. The molecule has 9 nitrogen and oxygen atoms in total. The summed E-state index contributed by atoms with van der Waals surface area (Å²) in [4.78, 5) is 38.9. The Morgan fingerprint density at radius 3 is 2.97 bits per heavy atom. The second-order valence-corrected chi connectivity index (χ2v) is 8.81. The molecule has 5 rings (SSSR count). The molecular weight excluding hydrogens is 404 g/mol. The maximum Gasteiger partial charge on any atom is 0.251 e. The summed E-state index contributed by atoms with van der Waals surface area (Å²) in [6.45, 7) is 3.43. The molecule has 3 aromatic rings. The van der Waals surface area contributed by atoms with E-state index in [1.165, 1.54) is 6.07 Å². The van der Waals surface area contributed by atoms with Crippen LogP contribution in [0.5, 0.6) is 0 Å². The number of hydrogen-bond donors (Lipinski definition) is 0. The van der Waals surface area contributed by atoms with Gasteiger partial charge in [-0.15, -0.1) is 11.3 Å². The summed E-state index contributed by atoms with van der Waals surface area (Å²) in [5, 5.41) is 6.81. The van der Waals surface area contributed by atoms with Crippen molar-refractivity contribution in [2.75, 3.05) is 25.0 Å². The van der Waals surface area contributed by atoms with Crippen LogP contribution in [-0.2, 0) is 11.3 Å². The first-order valence-corrected chi connectivity index (χ1v) is 10.8. The smallest absolute Gasteiger partial charge is 0.251 e. The van der Waals surface area contributed by atoms with Gasteiger partial charge in [-0.25, -0.2) is 4.98 Å². The predicted molar refractivity (Wildman–Crippen MR) is 110 cm³/mol. The molecule has 0 aromatic carbocycles. The van der Waals surface area contributed by atoms with Crippen molar-refractivity contribution in [3.05, 3.63) is 57.5 Å². The van der Waals surface area contributed by atoms with E-state index in [1.807, 2.05) is 11.4 Å². The van der Waals surface area contributed by atoms with Crippen LogP contribution in [0.3, 0.4) is 0 Å². The normalized spacial score (nSPS) is 22.6. The number of aryl methyl sites for hydroxylation is 1. The maximum absolute atomic E-state index is 13.6. The maximum atomic E-state index is 13.6. The number of aromatic nitrogens is 4. The van der Waals surface area contributed by atoms with Gasteiger partial charge in [0.05, 0.1) is 6.54 Å². The molecule has 1 amide bonds. The lowest BCUT2D eigenvalue weighted by molar-refractivity contribution is -0.136. The topological polar surface area (TPSA) is 97.4 Å². The van der Waals surface area contributed by atoms with Crippen LogP contribution in [0.1, 0.15) is 35.8 Å². The van der Waals surface area contributed by atoms with E-state index in [9.17, 15) is 9.59 Å². The minimum Gasteiger partial charge on any atom is -0.347 e. The van der Waals surface area contributed by atoms with Crippen molar-refractivity contribution in [1.82, 2.24) is 24.6 Å². The van der Waals surface area contributed by atoms with Gasteiger partial charge in [-0.1, -0.05) is 11.2 Å². The van der Waals surface area contributed by atoms with Gasteiger partial charge in [0.15, 0.2) is 11.0 Å². The van der Waals surface area contributed by atoms with E-state index in [1.54, 1.807) is 47.0 Å². The van der Waals surface area contributed by atoms with Gasteiger partial charge in [0.2, 0.25) is 11.8 Å². The van der Waals surface area contributed by atoms with Gasteiger partial charge in [-0.05, 0) is 12.5 Å². The molecule has 30 heavy (non-hydrogen) atoms. The van der Waals surface area contributed by atoms with Crippen molar-refractivity contribution in [3.8, 4) is 0 Å². The molecule has 0 saturated carbocycles. The molecule has 0 unspecified atom stereocenters. The Hall–Kier alpha value is -3.01. The molecule has 0 radical (unpaired) electrons. The van der Waals surface area contributed by atoms with Crippen LogP contribution in [0, 0.1) is 12.8 Å². The third-order valence-electron chi connectivity index (χ3n) is 5.91. The van der Waals surface area contributed by atoms with Crippen LogP contribution in [-0.4, -0.2) is 50.6 Å². The molecule has 0 N–H and O–H groups in total. The lowest BCUT2D eigenvalue weighted by Crippen LogP contribution is -2.53. The zero-order valence-corrected chi connectivity index (χ0v) is 17.6. The minimum atomic E-state index is -0.564. The molecule has 5 heterocycles. The summed E-state index contributed by atoms with van der Waals surface area (Å²) in [6, 6.07) is 4.72. The summed E-state index contributed by atoms with van der Waals surface area (Å²) in [6.07, 6.45) is 2.67. The number of carbonyl (C=O) groups excluding carboxylic acids is 1. The standard InChI is InChI=1S/C20H22N6O3S/c1-12-22-16(23-29-12)11-24(2)19(28)18-14-8-13(15-4-3-5-17(27)26(15)18)9-25(10-14)20-21-6-7-30-20/h3-7,13-14,18H,8-11H2,1-2H3/t13-,14+,18+/m0/s1. The number of amides is 1. The summed E-state index contributed by atoms with van der Waals surface area (Å²) >= 11 is 1.60. The van der Waals surface area contributed by atoms with Gasteiger partial charge in [-0.3, -0.25) is 14.2 Å². The quantitative estimate of drug-likeness (QED) is 0.628. The molecule has 3 atom stereocenters. The molecular formula is C20H22N6O3S. The number of rotatable bonds is 4. The van der Waals surface area contributed by atoms with E-state index in [2.05, 4.69) is 20.0 Å². The number of pyridine rings is 1. The third-order valence-corrected chi connectivity index (χ3v) is 6.75. The Balaban J connectivity index is 1.50. The number of hydrogen-bond acceptors (Lipinski definition) is 8. The van der Waals surface area contributed by atoms with E-state index >= 15 is 0 Å². The van der Waals surface area contributed by atoms with Crippen LogP contribution in [0.4, 0.5) is 5.13 Å². The summed E-state index contributed by atoms with van der Waals surface area (Å²) in [5.74, 6) is 0.999. The van der Waals surface area contributed by atoms with Gasteiger partial charge in [0.1, 0.15) is 6.04 Å². The number of piperidine rings is 1. The molecule has 0 spiro atoms. The second kappa shape index (κ2) is 7.35. The van der Waals surface area contributed by atoms with Crippen LogP contribution in [0.25, 0.3) is 0 Å². The van der Waals surface area contributed by atoms with Crippen LogP contribution in [0.2, 0.25) is 0 Å². The highest BCUT2D eigenvalue weighted by molar-refractivity contribution is 7.13. The van der Waals surface area contributed by atoms with Crippen molar-refractivity contribution < 1.29 is 9.32 Å². The number of fused-ring (bicyclic) bond motifs is 4. The first kappa shape index (κ1) is 19.0. The average molecular weight is 427 g/mol. The first-order valence-electron chi connectivity index (χ1n) is 9.91. The molecule has 2 aliphatic rings. The van der Waals surface area contributed by atoms with Crippen LogP contribution >= 0.6 is 11.3 Å². The second-order valence-electron chi connectivity index (χ2n) is 7.94.